The molecule has 7 nitrogen and oxygen atoms in total. The van der Waals surface area contributed by atoms with E-state index in [0.29, 0.717) is 11.7 Å². The zero-order valence-electron chi connectivity index (χ0n) is 13.9. The lowest BCUT2D eigenvalue weighted by atomic mass is 10.0. The Bertz CT molecular complexity index is 901. The first kappa shape index (κ1) is 16.6. The van der Waals surface area contributed by atoms with Crippen LogP contribution in [0.1, 0.15) is 35.7 Å². The maximum Gasteiger partial charge on any atom is 0.204 e. The molecule has 128 valence electrons. The number of aromatic nitrogens is 4. The summed E-state index contributed by atoms with van der Waals surface area (Å²) in [4.78, 5) is 13.4. The highest BCUT2D eigenvalue weighted by Crippen LogP contribution is 2.25. The van der Waals surface area contributed by atoms with Gasteiger partial charge in [-0.15, -0.1) is 10.2 Å². The van der Waals surface area contributed by atoms with Crippen molar-refractivity contribution >= 4 is 5.78 Å². The van der Waals surface area contributed by atoms with Crippen molar-refractivity contribution in [3.63, 3.8) is 0 Å². The van der Waals surface area contributed by atoms with E-state index in [-0.39, 0.29) is 29.4 Å². The molecule has 0 bridgehead atoms. The highest BCUT2D eigenvalue weighted by Gasteiger charge is 2.13. The smallest absolute Gasteiger partial charge is 0.204 e. The molecule has 0 radical (unpaired) electrons. The summed E-state index contributed by atoms with van der Waals surface area (Å²) in [6, 6.07) is 11.8. The molecule has 0 atom stereocenters. The van der Waals surface area contributed by atoms with Gasteiger partial charge >= 0.3 is 0 Å². The Hall–Kier alpha value is -3.22. The van der Waals surface area contributed by atoms with Crippen molar-refractivity contribution in [3.05, 3.63) is 53.6 Å². The monoisotopic (exact) mass is 338 g/mol. The van der Waals surface area contributed by atoms with Crippen LogP contribution in [0, 0.1) is 0 Å². The average Bonchev–Trinajstić information content (AvgIpc) is 3.05. The number of phenolic OH excluding ortho intramolecular Hbond substituents is 2. The number of phenols is 2. The van der Waals surface area contributed by atoms with Crippen LogP contribution in [-0.4, -0.2) is 36.2 Å². The largest absolute Gasteiger partial charge is 0.504 e. The molecule has 1 aromatic heterocycles. The molecule has 0 spiro atoms. The maximum absolute atomic E-state index is 12.2. The number of tetrazole rings is 1. The highest BCUT2D eigenvalue weighted by molar-refractivity contribution is 5.96. The SMILES string of the molecule is CC(C)c1ccc(-c2nnn(CC(=O)c3ccc(O)c(O)c3)n2)cc1. The number of ketones is 1. The van der Waals surface area contributed by atoms with E-state index in [1.807, 2.05) is 24.3 Å². The van der Waals surface area contributed by atoms with E-state index in [1.54, 1.807) is 0 Å². The van der Waals surface area contributed by atoms with E-state index in [2.05, 4.69) is 29.3 Å². The summed E-state index contributed by atoms with van der Waals surface area (Å²) >= 11 is 0. The molecule has 7 heteroatoms. The molecule has 2 aromatic carbocycles. The van der Waals surface area contributed by atoms with Crippen LogP contribution in [0.4, 0.5) is 0 Å². The van der Waals surface area contributed by atoms with Crippen molar-refractivity contribution in [3.8, 4) is 22.9 Å². The van der Waals surface area contributed by atoms with Crippen molar-refractivity contribution in [2.75, 3.05) is 0 Å². The highest BCUT2D eigenvalue weighted by atomic mass is 16.3. The predicted molar refractivity (Wildman–Crippen MR) is 91.4 cm³/mol. The molecule has 1 heterocycles. The van der Waals surface area contributed by atoms with Crippen molar-refractivity contribution in [1.29, 1.82) is 0 Å². The predicted octanol–water partition coefficient (Wildman–Crippen LogP) is 2.76. The van der Waals surface area contributed by atoms with Gasteiger partial charge in [0.05, 0.1) is 0 Å². The number of carbonyl (C=O) groups is 1. The van der Waals surface area contributed by atoms with Gasteiger partial charge in [-0.1, -0.05) is 38.1 Å². The van der Waals surface area contributed by atoms with Gasteiger partial charge in [-0.3, -0.25) is 4.79 Å². The zero-order valence-corrected chi connectivity index (χ0v) is 13.9. The van der Waals surface area contributed by atoms with Gasteiger partial charge in [0.1, 0.15) is 6.54 Å². The van der Waals surface area contributed by atoms with E-state index in [9.17, 15) is 15.0 Å². The van der Waals surface area contributed by atoms with Crippen LogP contribution in [0.3, 0.4) is 0 Å². The Morgan fingerprint density at radius 1 is 1.08 bits per heavy atom. The second kappa shape index (κ2) is 6.72. The quantitative estimate of drug-likeness (QED) is 0.548. The average molecular weight is 338 g/mol. The van der Waals surface area contributed by atoms with Crippen molar-refractivity contribution in [1.82, 2.24) is 20.2 Å². The number of aromatic hydroxyl groups is 2. The van der Waals surface area contributed by atoms with Crippen LogP contribution in [0.2, 0.25) is 0 Å². The molecule has 3 aromatic rings. The fourth-order valence-corrected chi connectivity index (χ4v) is 2.36. The summed E-state index contributed by atoms with van der Waals surface area (Å²) in [6.45, 7) is 4.13. The lowest BCUT2D eigenvalue weighted by molar-refractivity contribution is 0.0961. The summed E-state index contributed by atoms with van der Waals surface area (Å²) in [5.41, 5.74) is 2.30. The third-order valence-corrected chi connectivity index (χ3v) is 3.87. The van der Waals surface area contributed by atoms with E-state index in [0.717, 1.165) is 5.56 Å². The van der Waals surface area contributed by atoms with Crippen LogP contribution in [0.15, 0.2) is 42.5 Å². The second-order valence-electron chi connectivity index (χ2n) is 6.05. The number of hydrogen-bond acceptors (Lipinski definition) is 6. The van der Waals surface area contributed by atoms with Gasteiger partial charge < -0.3 is 10.2 Å². The summed E-state index contributed by atoms with van der Waals surface area (Å²) in [6.07, 6.45) is 0. The molecule has 0 amide bonds. The van der Waals surface area contributed by atoms with Gasteiger partial charge in [0, 0.05) is 11.1 Å². The topological polar surface area (TPSA) is 101 Å². The summed E-state index contributed by atoms with van der Waals surface area (Å²) in [5.74, 6) is -0.0333. The minimum atomic E-state index is -0.344. The summed E-state index contributed by atoms with van der Waals surface area (Å²) in [5, 5.41) is 30.9. The summed E-state index contributed by atoms with van der Waals surface area (Å²) < 4.78 is 0. The second-order valence-corrected chi connectivity index (χ2v) is 6.05. The molecule has 0 saturated heterocycles. The van der Waals surface area contributed by atoms with Crippen LogP contribution in [-0.2, 0) is 6.54 Å². The first-order valence-electron chi connectivity index (χ1n) is 7.87. The maximum atomic E-state index is 12.2. The van der Waals surface area contributed by atoms with Crippen LogP contribution in [0.25, 0.3) is 11.4 Å². The van der Waals surface area contributed by atoms with Crippen molar-refractivity contribution < 1.29 is 15.0 Å². The van der Waals surface area contributed by atoms with Crippen LogP contribution in [0.5, 0.6) is 11.5 Å². The van der Waals surface area contributed by atoms with Gasteiger partial charge in [-0.05, 0) is 34.9 Å². The molecule has 25 heavy (non-hydrogen) atoms. The number of Topliss-reactive ketones (excluding diaryl/α,β-unsaturated/α-hetero) is 1. The van der Waals surface area contributed by atoms with Gasteiger partial charge in [-0.25, -0.2) is 0 Å². The molecule has 0 aliphatic rings. The molecule has 0 saturated carbocycles. The minimum Gasteiger partial charge on any atom is -0.504 e. The van der Waals surface area contributed by atoms with Gasteiger partial charge in [0.2, 0.25) is 5.82 Å². The van der Waals surface area contributed by atoms with Gasteiger partial charge in [-0.2, -0.15) is 4.80 Å². The number of rotatable bonds is 5. The third kappa shape index (κ3) is 3.65. The standard InChI is InChI=1S/C18H18N4O3/c1-11(2)12-3-5-13(6-4-12)18-19-21-22(20-18)10-17(25)14-7-8-15(23)16(24)9-14/h3-9,11,23-24H,10H2,1-2H3. The van der Waals surface area contributed by atoms with Gasteiger partial charge in [0.15, 0.2) is 17.3 Å². The van der Waals surface area contributed by atoms with Crippen LogP contribution < -0.4 is 0 Å². The van der Waals surface area contributed by atoms with Gasteiger partial charge in [0.25, 0.3) is 0 Å². The molecule has 0 fully saturated rings. The lowest BCUT2D eigenvalue weighted by Gasteiger charge is -2.04. The normalized spacial score (nSPS) is 11.0. The number of hydrogen-bond donors (Lipinski definition) is 2. The molecule has 3 rings (SSSR count). The molecule has 0 aliphatic carbocycles. The number of benzene rings is 2. The Labute approximate surface area is 144 Å². The van der Waals surface area contributed by atoms with E-state index in [1.165, 1.54) is 28.6 Å². The Balaban J connectivity index is 1.74. The summed E-state index contributed by atoms with van der Waals surface area (Å²) in [7, 11) is 0. The fraction of sp³-hybridized carbons (Fsp3) is 0.222. The lowest BCUT2D eigenvalue weighted by Crippen LogP contribution is -2.13. The molecule has 2 N–H and O–H groups in total. The number of nitrogens with zero attached hydrogens (tertiary/aromatic N) is 4. The molecular formula is C18H18N4O3. The third-order valence-electron chi connectivity index (χ3n) is 3.87. The Morgan fingerprint density at radius 3 is 2.44 bits per heavy atom. The fourth-order valence-electron chi connectivity index (χ4n) is 2.36. The zero-order chi connectivity index (χ0) is 18.0. The van der Waals surface area contributed by atoms with Crippen molar-refractivity contribution in [2.24, 2.45) is 0 Å². The first-order valence-corrected chi connectivity index (χ1v) is 7.87. The molecular weight excluding hydrogens is 320 g/mol. The van der Waals surface area contributed by atoms with E-state index < -0.39 is 0 Å². The Kier molecular flexibility index (Phi) is 4.47. The molecule has 0 aliphatic heterocycles. The van der Waals surface area contributed by atoms with Crippen LogP contribution >= 0.6 is 0 Å². The van der Waals surface area contributed by atoms with E-state index in [4.69, 9.17) is 0 Å². The number of carbonyl (C=O) groups excluding carboxylic acids is 1. The first-order chi connectivity index (χ1) is 11.9. The molecule has 0 unspecified atom stereocenters. The minimum absolute atomic E-state index is 0.110. The Morgan fingerprint density at radius 2 is 1.80 bits per heavy atom. The van der Waals surface area contributed by atoms with E-state index >= 15 is 0 Å². The van der Waals surface area contributed by atoms with Crippen molar-refractivity contribution in [2.45, 2.75) is 26.3 Å².